The third kappa shape index (κ3) is 5.05. The lowest BCUT2D eigenvalue weighted by molar-refractivity contribution is -0.385. The zero-order valence-corrected chi connectivity index (χ0v) is 17.6. The molecule has 0 radical (unpaired) electrons. The summed E-state index contributed by atoms with van der Waals surface area (Å²) in [5, 5.41) is 22.7. The lowest BCUT2D eigenvalue weighted by atomic mass is 10.2. The van der Waals surface area contributed by atoms with Gasteiger partial charge in [-0.15, -0.1) is 0 Å². The van der Waals surface area contributed by atoms with Crippen LogP contribution in [0.2, 0.25) is 0 Å². The Bertz CT molecular complexity index is 1140. The Hall–Kier alpha value is -3.33. The van der Waals surface area contributed by atoms with Crippen LogP contribution < -0.4 is 5.32 Å². The molecule has 0 spiro atoms. The molecule has 1 amide bonds. The number of nitrogens with zero attached hydrogens (tertiary/aromatic N) is 4. The van der Waals surface area contributed by atoms with Gasteiger partial charge in [-0.2, -0.15) is 9.57 Å². The summed E-state index contributed by atoms with van der Waals surface area (Å²) in [6, 6.07) is 13.1. The predicted octanol–water partition coefficient (Wildman–Crippen LogP) is 1.80. The molecule has 0 bridgehead atoms. The van der Waals surface area contributed by atoms with E-state index in [1.807, 2.05) is 11.0 Å². The van der Waals surface area contributed by atoms with Crippen molar-refractivity contribution in [2.24, 2.45) is 0 Å². The van der Waals surface area contributed by atoms with Crippen LogP contribution in [0.4, 0.5) is 11.4 Å². The fraction of sp³-hybridized carbons (Fsp3) is 0.300. The molecule has 1 atom stereocenters. The van der Waals surface area contributed by atoms with Crippen molar-refractivity contribution in [2.45, 2.75) is 17.9 Å². The highest BCUT2D eigenvalue weighted by Gasteiger charge is 2.32. The molecule has 1 unspecified atom stereocenters. The number of benzene rings is 2. The van der Waals surface area contributed by atoms with Crippen LogP contribution in [0.3, 0.4) is 0 Å². The number of nitrogens with one attached hydrogen (secondary N) is 1. The van der Waals surface area contributed by atoms with E-state index in [0.29, 0.717) is 24.3 Å². The van der Waals surface area contributed by atoms with Gasteiger partial charge in [0.25, 0.3) is 5.69 Å². The van der Waals surface area contributed by atoms with E-state index in [2.05, 4.69) is 5.32 Å². The van der Waals surface area contributed by atoms with Gasteiger partial charge in [0, 0.05) is 44.0 Å². The Labute approximate surface area is 179 Å². The molecule has 0 saturated carbocycles. The number of amides is 1. The van der Waals surface area contributed by atoms with Crippen molar-refractivity contribution in [2.75, 3.05) is 31.5 Å². The Balaban J connectivity index is 1.63. The number of carbonyl (C=O) groups is 1. The van der Waals surface area contributed by atoms with Gasteiger partial charge >= 0.3 is 0 Å². The largest absolute Gasteiger partial charge is 0.325 e. The van der Waals surface area contributed by atoms with E-state index in [0.717, 1.165) is 6.07 Å². The van der Waals surface area contributed by atoms with E-state index in [-0.39, 0.29) is 29.6 Å². The van der Waals surface area contributed by atoms with E-state index >= 15 is 0 Å². The van der Waals surface area contributed by atoms with Gasteiger partial charge in [-0.1, -0.05) is 12.1 Å². The minimum Gasteiger partial charge on any atom is -0.325 e. The molecule has 10 nitrogen and oxygen atoms in total. The molecule has 2 aromatic carbocycles. The minimum atomic E-state index is -3.87. The minimum absolute atomic E-state index is 0.127. The van der Waals surface area contributed by atoms with Crippen molar-refractivity contribution in [3.8, 4) is 6.07 Å². The number of anilines is 1. The molecule has 3 rings (SSSR count). The molecule has 1 fully saturated rings. The number of hydrogen-bond acceptors (Lipinski definition) is 7. The molecule has 1 heterocycles. The molecule has 1 saturated heterocycles. The zero-order chi connectivity index (χ0) is 22.6. The van der Waals surface area contributed by atoms with Crippen LogP contribution in [0.25, 0.3) is 0 Å². The fourth-order valence-electron chi connectivity index (χ4n) is 3.32. The smallest absolute Gasteiger partial charge is 0.270 e. The molecule has 162 valence electrons. The summed E-state index contributed by atoms with van der Waals surface area (Å²) in [5.41, 5.74) is 0.665. The molecule has 2 aromatic rings. The second-order valence-corrected chi connectivity index (χ2v) is 8.99. The Morgan fingerprint density at radius 3 is 2.48 bits per heavy atom. The predicted molar refractivity (Wildman–Crippen MR) is 113 cm³/mol. The van der Waals surface area contributed by atoms with Crippen LogP contribution in [0.5, 0.6) is 0 Å². The van der Waals surface area contributed by atoms with Crippen LogP contribution in [0.15, 0.2) is 53.4 Å². The second kappa shape index (κ2) is 9.22. The van der Waals surface area contributed by atoms with Crippen LogP contribution in [-0.4, -0.2) is 60.7 Å². The number of nitriles is 1. The first-order valence-corrected chi connectivity index (χ1v) is 11.0. The van der Waals surface area contributed by atoms with Crippen molar-refractivity contribution < 1.29 is 18.1 Å². The molecule has 1 N–H and O–H groups in total. The van der Waals surface area contributed by atoms with Crippen LogP contribution >= 0.6 is 0 Å². The van der Waals surface area contributed by atoms with E-state index in [4.69, 9.17) is 5.26 Å². The number of nitro benzene ring substituents is 1. The third-order valence-corrected chi connectivity index (χ3v) is 7.02. The molecular weight excluding hydrogens is 422 g/mol. The SMILES string of the molecule is CC(C(=O)Nc1cccc(C#N)c1)N1CCN(S(=O)(=O)c2cccc([N+](=O)[O-])c2)CC1. The number of piperazine rings is 1. The number of non-ortho nitro benzene ring substituents is 1. The maximum absolute atomic E-state index is 12.9. The molecule has 1 aliphatic heterocycles. The number of nitro groups is 1. The average molecular weight is 443 g/mol. The molecule has 0 aliphatic carbocycles. The quantitative estimate of drug-likeness (QED) is 0.531. The van der Waals surface area contributed by atoms with Gasteiger partial charge in [0.05, 0.1) is 27.5 Å². The second-order valence-electron chi connectivity index (χ2n) is 7.05. The third-order valence-electron chi connectivity index (χ3n) is 5.13. The summed E-state index contributed by atoms with van der Waals surface area (Å²) < 4.78 is 27.0. The van der Waals surface area contributed by atoms with Gasteiger partial charge in [-0.05, 0) is 31.2 Å². The molecule has 0 aromatic heterocycles. The van der Waals surface area contributed by atoms with E-state index in [1.165, 1.54) is 22.5 Å². The summed E-state index contributed by atoms with van der Waals surface area (Å²) in [6.07, 6.45) is 0. The molecule has 11 heteroatoms. The number of hydrogen-bond donors (Lipinski definition) is 1. The Morgan fingerprint density at radius 1 is 1.16 bits per heavy atom. The highest BCUT2D eigenvalue weighted by Crippen LogP contribution is 2.22. The Kier molecular flexibility index (Phi) is 6.65. The van der Waals surface area contributed by atoms with E-state index in [1.54, 1.807) is 31.2 Å². The van der Waals surface area contributed by atoms with Gasteiger partial charge < -0.3 is 5.32 Å². The van der Waals surface area contributed by atoms with Crippen LogP contribution in [-0.2, 0) is 14.8 Å². The molecular formula is C20H21N5O5S. The summed E-state index contributed by atoms with van der Waals surface area (Å²) in [6.45, 7) is 2.72. The van der Waals surface area contributed by atoms with E-state index < -0.39 is 21.0 Å². The van der Waals surface area contributed by atoms with Crippen molar-refractivity contribution >= 4 is 27.3 Å². The summed E-state index contributed by atoms with van der Waals surface area (Å²) in [7, 11) is -3.87. The van der Waals surface area contributed by atoms with Crippen molar-refractivity contribution in [1.29, 1.82) is 5.26 Å². The molecule has 1 aliphatic rings. The van der Waals surface area contributed by atoms with Crippen LogP contribution in [0.1, 0.15) is 12.5 Å². The number of sulfonamides is 1. The van der Waals surface area contributed by atoms with Crippen LogP contribution in [0, 0.1) is 21.4 Å². The zero-order valence-electron chi connectivity index (χ0n) is 16.8. The van der Waals surface area contributed by atoms with Crippen molar-refractivity contribution in [3.63, 3.8) is 0 Å². The lowest BCUT2D eigenvalue weighted by Crippen LogP contribution is -2.53. The highest BCUT2D eigenvalue weighted by atomic mass is 32.2. The normalized spacial score (nSPS) is 16.3. The maximum atomic E-state index is 12.9. The molecule has 31 heavy (non-hydrogen) atoms. The maximum Gasteiger partial charge on any atom is 0.270 e. The van der Waals surface area contributed by atoms with Crippen molar-refractivity contribution in [1.82, 2.24) is 9.21 Å². The monoisotopic (exact) mass is 443 g/mol. The van der Waals surface area contributed by atoms with Gasteiger partial charge in [0.15, 0.2) is 0 Å². The number of carbonyl (C=O) groups excluding carboxylic acids is 1. The highest BCUT2D eigenvalue weighted by molar-refractivity contribution is 7.89. The number of rotatable bonds is 6. The van der Waals surface area contributed by atoms with Crippen molar-refractivity contribution in [3.05, 3.63) is 64.2 Å². The standard InChI is InChI=1S/C20H21N5O5S/c1-15(20(26)22-17-5-2-4-16(12-17)14-21)23-8-10-24(11-9-23)31(29,30)19-7-3-6-18(13-19)25(27)28/h2-7,12-13,15H,8-11H2,1H3,(H,22,26). The first-order valence-electron chi connectivity index (χ1n) is 9.52. The lowest BCUT2D eigenvalue weighted by Gasteiger charge is -2.36. The van der Waals surface area contributed by atoms with Gasteiger partial charge in [-0.25, -0.2) is 8.42 Å². The first kappa shape index (κ1) is 22.4. The van der Waals surface area contributed by atoms with Gasteiger partial charge in [0.2, 0.25) is 15.9 Å². The topological polar surface area (TPSA) is 137 Å². The first-order chi connectivity index (χ1) is 14.7. The summed E-state index contributed by atoms with van der Waals surface area (Å²) in [5.74, 6) is -0.259. The van der Waals surface area contributed by atoms with Gasteiger partial charge in [0.1, 0.15) is 0 Å². The Morgan fingerprint density at radius 2 is 1.84 bits per heavy atom. The van der Waals surface area contributed by atoms with Gasteiger partial charge in [-0.3, -0.25) is 19.8 Å². The summed E-state index contributed by atoms with van der Waals surface area (Å²) >= 11 is 0. The van der Waals surface area contributed by atoms with E-state index in [9.17, 15) is 23.3 Å². The fourth-order valence-corrected chi connectivity index (χ4v) is 4.78. The summed E-state index contributed by atoms with van der Waals surface area (Å²) in [4.78, 5) is 24.6. The average Bonchev–Trinajstić information content (AvgIpc) is 2.78.